The van der Waals surface area contributed by atoms with Crippen LogP contribution in [0.5, 0.6) is 0 Å². The van der Waals surface area contributed by atoms with E-state index in [-0.39, 0.29) is 17.1 Å². The van der Waals surface area contributed by atoms with Gasteiger partial charge in [0.1, 0.15) is 11.6 Å². The van der Waals surface area contributed by atoms with Gasteiger partial charge in [0, 0.05) is 29.8 Å². The Morgan fingerprint density at radius 1 is 1.19 bits per heavy atom. The van der Waals surface area contributed by atoms with E-state index in [1.165, 1.54) is 12.1 Å². The Balaban J connectivity index is 1.46. The number of aryl methyl sites for hydroxylation is 2. The zero-order valence-corrected chi connectivity index (χ0v) is 19.1. The maximum Gasteiger partial charge on any atom is 0.181 e. The number of hydrogen-bond donors (Lipinski definition) is 0. The highest BCUT2D eigenvalue weighted by Gasteiger charge is 2.41. The first-order chi connectivity index (χ1) is 15.3. The minimum Gasteiger partial charge on any atom is -0.299 e. The van der Waals surface area contributed by atoms with Gasteiger partial charge in [0.05, 0.1) is 22.0 Å². The largest absolute Gasteiger partial charge is 0.299 e. The molecular weight excluding hydrogens is 453 g/mol. The molecule has 0 aliphatic heterocycles. The number of carbonyl (C=O) groups excluding carboxylic acids is 1. The van der Waals surface area contributed by atoms with Gasteiger partial charge in [0.2, 0.25) is 0 Å². The molecule has 0 spiro atoms. The topological polar surface area (TPSA) is 81.9 Å². The molecule has 4 rings (SSSR count). The van der Waals surface area contributed by atoms with Gasteiger partial charge >= 0.3 is 0 Å². The standard InChI is InChI=1S/C23H23ClFN3O3S/c1-15-5-9-18(13-26-15)28-14-16(23(24)27-28)6-12-21(29)20-3-2-4-22(20)32(30,31)19-10-7-17(25)8-11-19/h5,7-11,13-14,20,22H,2-4,6,12H2,1H3/t20-,22-/m0/s1. The van der Waals surface area contributed by atoms with E-state index in [2.05, 4.69) is 10.1 Å². The minimum absolute atomic E-state index is 0.0552. The van der Waals surface area contributed by atoms with E-state index in [0.717, 1.165) is 29.1 Å². The molecule has 0 amide bonds. The van der Waals surface area contributed by atoms with Crippen LogP contribution in [0.2, 0.25) is 5.15 Å². The summed E-state index contributed by atoms with van der Waals surface area (Å²) < 4.78 is 40.9. The second-order valence-corrected chi connectivity index (χ2v) is 10.6. The lowest BCUT2D eigenvalue weighted by atomic mass is 9.97. The molecule has 168 valence electrons. The number of carbonyl (C=O) groups is 1. The van der Waals surface area contributed by atoms with Crippen molar-refractivity contribution < 1.29 is 17.6 Å². The molecule has 2 atom stereocenters. The van der Waals surface area contributed by atoms with E-state index in [4.69, 9.17) is 11.6 Å². The summed E-state index contributed by atoms with van der Waals surface area (Å²) in [6.07, 6.45) is 5.64. The van der Waals surface area contributed by atoms with Crippen molar-refractivity contribution in [2.75, 3.05) is 0 Å². The van der Waals surface area contributed by atoms with Crippen LogP contribution in [-0.2, 0) is 21.1 Å². The van der Waals surface area contributed by atoms with Crippen molar-refractivity contribution in [2.45, 2.75) is 49.2 Å². The third kappa shape index (κ3) is 4.61. The van der Waals surface area contributed by atoms with Crippen molar-refractivity contribution in [3.63, 3.8) is 0 Å². The highest BCUT2D eigenvalue weighted by molar-refractivity contribution is 7.92. The fourth-order valence-corrected chi connectivity index (χ4v) is 6.48. The Hall–Kier alpha value is -2.58. The molecule has 2 heterocycles. The van der Waals surface area contributed by atoms with Crippen LogP contribution in [0.3, 0.4) is 0 Å². The Kier molecular flexibility index (Phi) is 6.44. The molecule has 9 heteroatoms. The van der Waals surface area contributed by atoms with Gasteiger partial charge in [-0.2, -0.15) is 5.10 Å². The van der Waals surface area contributed by atoms with Gasteiger partial charge in [-0.3, -0.25) is 9.78 Å². The van der Waals surface area contributed by atoms with Crippen molar-refractivity contribution in [3.05, 3.63) is 71.0 Å². The van der Waals surface area contributed by atoms with E-state index < -0.39 is 26.8 Å². The molecule has 0 bridgehead atoms. The van der Waals surface area contributed by atoms with Gasteiger partial charge in [-0.1, -0.05) is 18.0 Å². The number of Topliss-reactive ketones (excluding diaryl/α,β-unsaturated/α-hetero) is 1. The second-order valence-electron chi connectivity index (χ2n) is 8.09. The molecule has 1 aliphatic carbocycles. The normalized spacial score (nSPS) is 18.7. The smallest absolute Gasteiger partial charge is 0.181 e. The second kappa shape index (κ2) is 9.11. The fraction of sp³-hybridized carbons (Fsp3) is 0.348. The summed E-state index contributed by atoms with van der Waals surface area (Å²) in [5.74, 6) is -1.17. The molecular formula is C23H23ClFN3O3S. The van der Waals surface area contributed by atoms with Crippen molar-refractivity contribution in [1.82, 2.24) is 14.8 Å². The summed E-state index contributed by atoms with van der Waals surface area (Å²) in [4.78, 5) is 17.3. The quantitative estimate of drug-likeness (QED) is 0.469. The molecule has 0 saturated heterocycles. The van der Waals surface area contributed by atoms with Crippen molar-refractivity contribution in [3.8, 4) is 5.69 Å². The highest BCUT2D eigenvalue weighted by atomic mass is 35.5. The zero-order valence-electron chi connectivity index (χ0n) is 17.5. The molecule has 1 saturated carbocycles. The van der Waals surface area contributed by atoms with Gasteiger partial charge in [-0.05, 0) is 62.6 Å². The van der Waals surface area contributed by atoms with Crippen molar-refractivity contribution in [1.29, 1.82) is 0 Å². The molecule has 2 aromatic heterocycles. The monoisotopic (exact) mass is 475 g/mol. The molecule has 6 nitrogen and oxygen atoms in total. The van der Waals surface area contributed by atoms with Gasteiger partial charge in [0.15, 0.2) is 15.0 Å². The summed E-state index contributed by atoms with van der Waals surface area (Å²) in [7, 11) is -3.71. The number of sulfone groups is 1. The Bertz CT molecular complexity index is 1220. The average molecular weight is 476 g/mol. The molecule has 0 radical (unpaired) electrons. The lowest BCUT2D eigenvalue weighted by Gasteiger charge is -2.19. The van der Waals surface area contributed by atoms with Crippen LogP contribution < -0.4 is 0 Å². The third-order valence-corrected chi connectivity index (χ3v) is 8.56. The fourth-order valence-electron chi connectivity index (χ4n) is 4.19. The van der Waals surface area contributed by atoms with Gasteiger partial charge in [-0.15, -0.1) is 0 Å². The summed E-state index contributed by atoms with van der Waals surface area (Å²) in [6.45, 7) is 1.89. The van der Waals surface area contributed by atoms with E-state index in [0.29, 0.717) is 30.8 Å². The molecule has 0 N–H and O–H groups in total. The van der Waals surface area contributed by atoms with Crippen LogP contribution >= 0.6 is 11.6 Å². The Labute approximate surface area is 191 Å². The number of ketones is 1. The van der Waals surface area contributed by atoms with Crippen LogP contribution in [0.4, 0.5) is 4.39 Å². The number of halogens is 2. The predicted molar refractivity (Wildman–Crippen MR) is 119 cm³/mol. The van der Waals surface area contributed by atoms with Crippen molar-refractivity contribution in [2.24, 2.45) is 5.92 Å². The average Bonchev–Trinajstić information content (AvgIpc) is 3.40. The maximum atomic E-state index is 13.2. The van der Waals surface area contributed by atoms with Gasteiger partial charge in [-0.25, -0.2) is 17.5 Å². The minimum atomic E-state index is -3.71. The summed E-state index contributed by atoms with van der Waals surface area (Å²) >= 11 is 6.27. The van der Waals surface area contributed by atoms with Crippen LogP contribution in [-0.4, -0.2) is 34.2 Å². The highest BCUT2D eigenvalue weighted by Crippen LogP contribution is 2.36. The third-order valence-electron chi connectivity index (χ3n) is 5.95. The lowest BCUT2D eigenvalue weighted by molar-refractivity contribution is -0.122. The number of hydrogen-bond acceptors (Lipinski definition) is 5. The first-order valence-electron chi connectivity index (χ1n) is 10.4. The number of pyridine rings is 1. The summed E-state index contributed by atoms with van der Waals surface area (Å²) in [5.41, 5.74) is 2.37. The van der Waals surface area contributed by atoms with E-state index >= 15 is 0 Å². The molecule has 1 aromatic carbocycles. The van der Waals surface area contributed by atoms with E-state index in [1.807, 2.05) is 19.1 Å². The first kappa shape index (κ1) is 22.6. The SMILES string of the molecule is Cc1ccc(-n2cc(CCC(=O)[C@@H]3CCC[C@@H]3S(=O)(=O)c3ccc(F)cc3)c(Cl)n2)cn1. The first-order valence-corrected chi connectivity index (χ1v) is 12.4. The summed E-state index contributed by atoms with van der Waals surface area (Å²) in [5, 5.41) is 3.82. The molecule has 0 unspecified atom stereocenters. The molecule has 32 heavy (non-hydrogen) atoms. The Morgan fingerprint density at radius 3 is 2.62 bits per heavy atom. The zero-order chi connectivity index (χ0) is 22.9. The van der Waals surface area contributed by atoms with Crippen LogP contribution in [0.1, 0.15) is 36.9 Å². The van der Waals surface area contributed by atoms with Gasteiger partial charge in [0.25, 0.3) is 0 Å². The lowest BCUT2D eigenvalue weighted by Crippen LogP contribution is -2.31. The molecule has 1 aliphatic rings. The summed E-state index contributed by atoms with van der Waals surface area (Å²) in [6, 6.07) is 8.53. The molecule has 1 fully saturated rings. The number of rotatable bonds is 7. The van der Waals surface area contributed by atoms with Gasteiger partial charge < -0.3 is 0 Å². The predicted octanol–water partition coefficient (Wildman–Crippen LogP) is 4.51. The van der Waals surface area contributed by atoms with Crippen LogP contribution in [0.25, 0.3) is 5.69 Å². The number of benzene rings is 1. The molecule has 3 aromatic rings. The van der Waals surface area contributed by atoms with Crippen molar-refractivity contribution >= 4 is 27.2 Å². The van der Waals surface area contributed by atoms with Crippen LogP contribution in [0.15, 0.2) is 53.7 Å². The number of aromatic nitrogens is 3. The Morgan fingerprint density at radius 2 is 1.94 bits per heavy atom. The van der Waals surface area contributed by atoms with E-state index in [1.54, 1.807) is 17.1 Å². The van der Waals surface area contributed by atoms with Crippen LogP contribution in [0, 0.1) is 18.7 Å². The van der Waals surface area contributed by atoms with E-state index in [9.17, 15) is 17.6 Å². The number of nitrogens with zero attached hydrogens (tertiary/aromatic N) is 3. The maximum absolute atomic E-state index is 13.2.